The maximum atomic E-state index is 13.0. The summed E-state index contributed by atoms with van der Waals surface area (Å²) in [5.74, 6) is -3.31. The monoisotopic (exact) mass is 219 g/mol. The molecule has 0 aliphatic carbocycles. The van der Waals surface area contributed by atoms with Gasteiger partial charge in [-0.05, 0) is 11.6 Å². The predicted octanol–water partition coefficient (Wildman–Crippen LogP) is 1.74. The van der Waals surface area contributed by atoms with Gasteiger partial charge in [-0.2, -0.15) is 8.78 Å². The largest absolute Gasteiger partial charge is 0.390 e. The van der Waals surface area contributed by atoms with Crippen molar-refractivity contribution in [2.75, 3.05) is 13.3 Å². The molecule has 1 aromatic rings. The summed E-state index contributed by atoms with van der Waals surface area (Å²) in [6, 6.07) is 4.22. The zero-order valence-electron chi connectivity index (χ0n) is 7.96. The summed E-state index contributed by atoms with van der Waals surface area (Å²) in [5.41, 5.74) is 5.30. The van der Waals surface area contributed by atoms with E-state index in [-0.39, 0.29) is 5.56 Å². The fraction of sp³-hybridized carbons (Fsp3) is 0.400. The molecule has 1 atom stereocenters. The van der Waals surface area contributed by atoms with Crippen LogP contribution in [0.2, 0.25) is 0 Å². The van der Waals surface area contributed by atoms with Crippen LogP contribution in [0.4, 0.5) is 13.2 Å². The van der Waals surface area contributed by atoms with Crippen LogP contribution in [0.3, 0.4) is 0 Å². The number of benzene rings is 1. The molecule has 0 fully saturated rings. The number of nitrogens with two attached hydrogens (primary N) is 1. The fourth-order valence-electron chi connectivity index (χ4n) is 1.18. The quantitative estimate of drug-likeness (QED) is 0.810. The molecule has 0 radical (unpaired) electrons. The number of aliphatic hydroxyl groups excluding tert-OH is 1. The van der Waals surface area contributed by atoms with E-state index in [1.54, 1.807) is 0 Å². The lowest BCUT2D eigenvalue weighted by atomic mass is 10.0. The average molecular weight is 219 g/mol. The van der Waals surface area contributed by atoms with E-state index < -0.39 is 25.2 Å². The molecule has 0 aliphatic rings. The number of halogens is 3. The number of rotatable bonds is 4. The normalized spacial score (nSPS) is 13.9. The maximum Gasteiger partial charge on any atom is 0.295 e. The summed E-state index contributed by atoms with van der Waals surface area (Å²) < 4.78 is 38.3. The van der Waals surface area contributed by atoms with Crippen molar-refractivity contribution >= 4 is 0 Å². The smallest absolute Gasteiger partial charge is 0.295 e. The predicted molar refractivity (Wildman–Crippen MR) is 50.3 cm³/mol. The molecule has 0 amide bonds. The van der Waals surface area contributed by atoms with Crippen molar-refractivity contribution in [2.45, 2.75) is 12.0 Å². The highest BCUT2D eigenvalue weighted by atomic mass is 19.3. The Hall–Kier alpha value is -1.07. The van der Waals surface area contributed by atoms with Crippen molar-refractivity contribution in [2.24, 2.45) is 5.73 Å². The molecule has 15 heavy (non-hydrogen) atoms. The van der Waals surface area contributed by atoms with Crippen LogP contribution >= 0.6 is 0 Å². The van der Waals surface area contributed by atoms with Gasteiger partial charge in [0, 0.05) is 5.56 Å². The van der Waals surface area contributed by atoms with Gasteiger partial charge in [0.1, 0.15) is 13.3 Å². The molecule has 2 nitrogen and oxygen atoms in total. The lowest BCUT2D eigenvalue weighted by Gasteiger charge is -2.15. The van der Waals surface area contributed by atoms with E-state index in [4.69, 9.17) is 10.8 Å². The molecule has 1 rings (SSSR count). The Balaban J connectivity index is 3.02. The molecular weight excluding hydrogens is 207 g/mol. The van der Waals surface area contributed by atoms with Crippen molar-refractivity contribution in [1.82, 2.24) is 0 Å². The van der Waals surface area contributed by atoms with Gasteiger partial charge in [0.05, 0.1) is 6.04 Å². The van der Waals surface area contributed by atoms with Crippen molar-refractivity contribution < 1.29 is 18.3 Å². The van der Waals surface area contributed by atoms with Crippen LogP contribution in [0.25, 0.3) is 0 Å². The third-order valence-electron chi connectivity index (χ3n) is 2.10. The first-order chi connectivity index (χ1) is 7.01. The third-order valence-corrected chi connectivity index (χ3v) is 2.10. The van der Waals surface area contributed by atoms with Gasteiger partial charge in [-0.15, -0.1) is 0 Å². The molecule has 0 aromatic heterocycles. The second-order valence-electron chi connectivity index (χ2n) is 3.25. The van der Waals surface area contributed by atoms with E-state index in [9.17, 15) is 13.2 Å². The van der Waals surface area contributed by atoms with Gasteiger partial charge in [0.2, 0.25) is 0 Å². The molecule has 3 N–H and O–H groups in total. The zero-order chi connectivity index (χ0) is 11.5. The van der Waals surface area contributed by atoms with E-state index in [0.717, 1.165) is 6.07 Å². The third kappa shape index (κ3) is 2.70. The van der Waals surface area contributed by atoms with Crippen molar-refractivity contribution in [3.8, 4) is 0 Å². The Morgan fingerprint density at radius 2 is 2.07 bits per heavy atom. The van der Waals surface area contributed by atoms with Crippen LogP contribution in [0.5, 0.6) is 0 Å². The van der Waals surface area contributed by atoms with Crippen LogP contribution in [-0.2, 0) is 5.92 Å². The molecule has 0 aliphatic heterocycles. The Bertz CT molecular complexity index is 330. The number of hydrogen-bond acceptors (Lipinski definition) is 2. The summed E-state index contributed by atoms with van der Waals surface area (Å²) >= 11 is 0. The molecule has 0 saturated carbocycles. The van der Waals surface area contributed by atoms with Crippen LogP contribution in [0.15, 0.2) is 24.3 Å². The lowest BCUT2D eigenvalue weighted by molar-refractivity contribution is -0.0556. The Morgan fingerprint density at radius 3 is 2.60 bits per heavy atom. The van der Waals surface area contributed by atoms with E-state index in [0.29, 0.717) is 5.56 Å². The summed E-state index contributed by atoms with van der Waals surface area (Å²) in [6.07, 6.45) is 0. The van der Waals surface area contributed by atoms with E-state index in [2.05, 4.69) is 0 Å². The molecule has 0 spiro atoms. The first kappa shape index (κ1) is 12.0. The molecular formula is C10H12F3NO. The van der Waals surface area contributed by atoms with Crippen LogP contribution < -0.4 is 5.73 Å². The second-order valence-corrected chi connectivity index (χ2v) is 3.25. The minimum atomic E-state index is -3.31. The number of alkyl halides is 3. The standard InChI is InChI=1S/C10H12F3NO/c11-5-9(14)7-2-1-3-8(4-7)10(12,13)6-15/h1-4,9,15H,5-6,14H2. The molecule has 0 heterocycles. The second kappa shape index (κ2) is 4.63. The van der Waals surface area contributed by atoms with Gasteiger partial charge >= 0.3 is 0 Å². The van der Waals surface area contributed by atoms with Gasteiger partial charge in [-0.25, -0.2) is 4.39 Å². The van der Waals surface area contributed by atoms with Crippen LogP contribution in [0.1, 0.15) is 17.2 Å². The van der Waals surface area contributed by atoms with Crippen LogP contribution in [-0.4, -0.2) is 18.4 Å². The highest BCUT2D eigenvalue weighted by Crippen LogP contribution is 2.28. The molecule has 84 valence electrons. The zero-order valence-corrected chi connectivity index (χ0v) is 7.96. The highest BCUT2D eigenvalue weighted by Gasteiger charge is 2.30. The fourth-order valence-corrected chi connectivity index (χ4v) is 1.18. The van der Waals surface area contributed by atoms with Gasteiger partial charge in [-0.3, -0.25) is 0 Å². The van der Waals surface area contributed by atoms with Gasteiger partial charge in [0.25, 0.3) is 5.92 Å². The Labute approximate surface area is 85.5 Å². The van der Waals surface area contributed by atoms with E-state index in [1.165, 1.54) is 18.2 Å². The Morgan fingerprint density at radius 1 is 1.40 bits per heavy atom. The number of hydrogen-bond donors (Lipinski definition) is 2. The van der Waals surface area contributed by atoms with Gasteiger partial charge < -0.3 is 10.8 Å². The summed E-state index contributed by atoms with van der Waals surface area (Å²) in [5, 5.41) is 8.48. The molecule has 0 saturated heterocycles. The van der Waals surface area contributed by atoms with Crippen molar-refractivity contribution in [1.29, 1.82) is 0 Å². The van der Waals surface area contributed by atoms with E-state index in [1.807, 2.05) is 0 Å². The molecule has 5 heteroatoms. The highest BCUT2D eigenvalue weighted by molar-refractivity contribution is 5.29. The van der Waals surface area contributed by atoms with E-state index >= 15 is 0 Å². The van der Waals surface area contributed by atoms with Crippen molar-refractivity contribution in [3.63, 3.8) is 0 Å². The van der Waals surface area contributed by atoms with Crippen LogP contribution in [0, 0.1) is 0 Å². The minimum Gasteiger partial charge on any atom is -0.390 e. The van der Waals surface area contributed by atoms with Gasteiger partial charge in [-0.1, -0.05) is 18.2 Å². The SMILES string of the molecule is NC(CF)c1cccc(C(F)(F)CO)c1. The number of aliphatic hydroxyl groups is 1. The first-order valence-electron chi connectivity index (χ1n) is 4.42. The Kier molecular flexibility index (Phi) is 3.71. The maximum absolute atomic E-state index is 13.0. The van der Waals surface area contributed by atoms with Gasteiger partial charge in [0.15, 0.2) is 0 Å². The summed E-state index contributed by atoms with van der Waals surface area (Å²) in [7, 11) is 0. The average Bonchev–Trinajstić information content (AvgIpc) is 2.28. The lowest BCUT2D eigenvalue weighted by Crippen LogP contribution is -2.20. The topological polar surface area (TPSA) is 46.2 Å². The summed E-state index contributed by atoms with van der Waals surface area (Å²) in [4.78, 5) is 0. The van der Waals surface area contributed by atoms with Crippen molar-refractivity contribution in [3.05, 3.63) is 35.4 Å². The molecule has 0 bridgehead atoms. The molecule has 1 aromatic carbocycles. The molecule has 1 unspecified atom stereocenters. The first-order valence-corrected chi connectivity index (χ1v) is 4.42. The minimum absolute atomic E-state index is 0.295. The summed E-state index contributed by atoms with van der Waals surface area (Å²) in [6.45, 7) is -2.09.